The molecule has 0 saturated heterocycles. The molecule has 0 spiro atoms. The second kappa shape index (κ2) is 6.76. The minimum Gasteiger partial charge on any atom is -0.507 e. The second-order valence-corrected chi connectivity index (χ2v) is 4.51. The molecule has 1 amide bonds. The van der Waals surface area contributed by atoms with Crippen molar-refractivity contribution in [3.8, 4) is 11.5 Å². The fourth-order valence-electron chi connectivity index (χ4n) is 1.91. The Labute approximate surface area is 122 Å². The normalized spacial score (nSPS) is 10.2. The molecule has 5 heteroatoms. The van der Waals surface area contributed by atoms with Crippen molar-refractivity contribution in [2.24, 2.45) is 0 Å². The molecule has 0 aliphatic rings. The molecule has 3 N–H and O–H groups in total. The van der Waals surface area contributed by atoms with E-state index in [4.69, 9.17) is 9.84 Å². The van der Waals surface area contributed by atoms with Gasteiger partial charge in [0.2, 0.25) is 0 Å². The Bertz CT molecular complexity index is 623. The van der Waals surface area contributed by atoms with Gasteiger partial charge in [0.05, 0.1) is 12.7 Å². The summed E-state index contributed by atoms with van der Waals surface area (Å²) in [5, 5.41) is 21.3. The number of hydrogen-bond acceptors (Lipinski definition) is 4. The lowest BCUT2D eigenvalue weighted by atomic mass is 10.1. The number of hydrogen-bond donors (Lipinski definition) is 3. The molecule has 2 aromatic rings. The van der Waals surface area contributed by atoms with Crippen molar-refractivity contribution in [1.82, 2.24) is 0 Å². The highest BCUT2D eigenvalue weighted by Gasteiger charge is 2.12. The van der Waals surface area contributed by atoms with Gasteiger partial charge in [0.15, 0.2) is 0 Å². The fourth-order valence-corrected chi connectivity index (χ4v) is 1.91. The summed E-state index contributed by atoms with van der Waals surface area (Å²) in [7, 11) is 1.49. The van der Waals surface area contributed by atoms with Gasteiger partial charge in [0.25, 0.3) is 5.91 Å². The highest BCUT2D eigenvalue weighted by molar-refractivity contribution is 6.06. The third-order valence-electron chi connectivity index (χ3n) is 3.06. The fraction of sp³-hybridized carbons (Fsp3) is 0.188. The molecule has 0 fully saturated rings. The molecular formula is C16H17NO4. The molecule has 0 aromatic heterocycles. The number of aliphatic hydroxyl groups is 1. The Morgan fingerprint density at radius 1 is 1.19 bits per heavy atom. The molecule has 0 unspecified atom stereocenters. The van der Waals surface area contributed by atoms with E-state index in [2.05, 4.69) is 5.32 Å². The summed E-state index contributed by atoms with van der Waals surface area (Å²) < 4.78 is 5.04. The predicted octanol–water partition coefficient (Wildman–Crippen LogP) is 2.19. The van der Waals surface area contributed by atoms with E-state index in [1.54, 1.807) is 18.2 Å². The molecule has 110 valence electrons. The average Bonchev–Trinajstić information content (AvgIpc) is 2.50. The molecular weight excluding hydrogens is 270 g/mol. The summed E-state index contributed by atoms with van der Waals surface area (Å²) in [5.74, 6) is -0.0252. The van der Waals surface area contributed by atoms with E-state index in [1.807, 2.05) is 12.1 Å². The molecule has 21 heavy (non-hydrogen) atoms. The van der Waals surface area contributed by atoms with Gasteiger partial charge in [-0.2, -0.15) is 0 Å². The highest BCUT2D eigenvalue weighted by atomic mass is 16.5. The first-order valence-electron chi connectivity index (χ1n) is 6.52. The van der Waals surface area contributed by atoms with E-state index in [0.717, 1.165) is 5.56 Å². The number of phenols is 1. The zero-order chi connectivity index (χ0) is 15.2. The van der Waals surface area contributed by atoms with Crippen LogP contribution in [-0.2, 0) is 6.42 Å². The molecule has 5 nitrogen and oxygen atoms in total. The maximum atomic E-state index is 12.1. The van der Waals surface area contributed by atoms with E-state index in [9.17, 15) is 9.90 Å². The molecule has 0 aliphatic heterocycles. The molecule has 0 saturated carbocycles. The number of benzene rings is 2. The summed E-state index contributed by atoms with van der Waals surface area (Å²) in [6.07, 6.45) is 0.574. The van der Waals surface area contributed by atoms with Crippen molar-refractivity contribution < 1.29 is 19.7 Å². The number of ether oxygens (including phenoxy) is 1. The third kappa shape index (κ3) is 3.73. The number of anilines is 1. The maximum Gasteiger partial charge on any atom is 0.259 e. The number of methoxy groups -OCH3 is 1. The molecule has 0 aliphatic carbocycles. The summed E-state index contributed by atoms with van der Waals surface area (Å²) in [4.78, 5) is 12.1. The zero-order valence-corrected chi connectivity index (χ0v) is 11.7. The van der Waals surface area contributed by atoms with Crippen molar-refractivity contribution in [2.75, 3.05) is 19.0 Å². The number of amides is 1. The Hall–Kier alpha value is -2.53. The van der Waals surface area contributed by atoms with Gasteiger partial charge in [-0.15, -0.1) is 0 Å². The van der Waals surface area contributed by atoms with Crippen molar-refractivity contribution >= 4 is 11.6 Å². The molecule has 2 rings (SSSR count). The summed E-state index contributed by atoms with van der Waals surface area (Å²) >= 11 is 0. The van der Waals surface area contributed by atoms with Crippen LogP contribution in [0.15, 0.2) is 42.5 Å². The molecule has 0 radical (unpaired) electrons. The monoisotopic (exact) mass is 287 g/mol. The van der Waals surface area contributed by atoms with E-state index < -0.39 is 5.91 Å². The van der Waals surface area contributed by atoms with Crippen molar-refractivity contribution in [3.63, 3.8) is 0 Å². The van der Waals surface area contributed by atoms with Gasteiger partial charge in [-0.3, -0.25) is 4.79 Å². The standard InChI is InChI=1S/C16H17NO4/c1-21-13-6-7-15(19)14(10-13)16(20)17-12-4-2-11(3-5-12)8-9-18/h2-7,10,18-19H,8-9H2,1H3,(H,17,20). The molecule has 2 aromatic carbocycles. The van der Waals surface area contributed by atoms with E-state index in [-0.39, 0.29) is 17.9 Å². The Morgan fingerprint density at radius 3 is 2.52 bits per heavy atom. The van der Waals surface area contributed by atoms with Gasteiger partial charge < -0.3 is 20.3 Å². The number of rotatable bonds is 5. The molecule has 0 atom stereocenters. The van der Waals surface area contributed by atoms with E-state index in [0.29, 0.717) is 17.9 Å². The first-order chi connectivity index (χ1) is 10.1. The number of carbonyl (C=O) groups excluding carboxylic acids is 1. The predicted molar refractivity (Wildman–Crippen MR) is 79.8 cm³/mol. The van der Waals surface area contributed by atoms with Gasteiger partial charge >= 0.3 is 0 Å². The minimum atomic E-state index is -0.415. The second-order valence-electron chi connectivity index (χ2n) is 4.51. The Morgan fingerprint density at radius 2 is 1.90 bits per heavy atom. The smallest absolute Gasteiger partial charge is 0.259 e. The van der Waals surface area contributed by atoms with Crippen LogP contribution in [0.5, 0.6) is 11.5 Å². The number of nitrogens with one attached hydrogen (secondary N) is 1. The maximum absolute atomic E-state index is 12.1. The quantitative estimate of drug-likeness (QED) is 0.787. The summed E-state index contributed by atoms with van der Waals surface area (Å²) in [6.45, 7) is 0.0867. The van der Waals surface area contributed by atoms with Crippen LogP contribution in [0.2, 0.25) is 0 Å². The largest absolute Gasteiger partial charge is 0.507 e. The lowest BCUT2D eigenvalue weighted by Gasteiger charge is -2.09. The van der Waals surface area contributed by atoms with Crippen LogP contribution in [0.3, 0.4) is 0 Å². The van der Waals surface area contributed by atoms with E-state index in [1.165, 1.54) is 19.2 Å². The van der Waals surface area contributed by atoms with Gasteiger partial charge in [-0.1, -0.05) is 12.1 Å². The lowest BCUT2D eigenvalue weighted by Crippen LogP contribution is -2.12. The van der Waals surface area contributed by atoms with Gasteiger partial charge in [-0.05, 0) is 42.3 Å². The third-order valence-corrected chi connectivity index (χ3v) is 3.06. The Kier molecular flexibility index (Phi) is 4.79. The lowest BCUT2D eigenvalue weighted by molar-refractivity contribution is 0.102. The van der Waals surface area contributed by atoms with Crippen LogP contribution in [0.25, 0.3) is 0 Å². The average molecular weight is 287 g/mol. The summed E-state index contributed by atoms with van der Waals surface area (Å²) in [5.41, 5.74) is 1.75. The number of aromatic hydroxyl groups is 1. The molecule has 0 bridgehead atoms. The van der Waals surface area contributed by atoms with Crippen LogP contribution >= 0.6 is 0 Å². The topological polar surface area (TPSA) is 78.8 Å². The number of carbonyl (C=O) groups is 1. The van der Waals surface area contributed by atoms with Crippen LogP contribution < -0.4 is 10.1 Å². The van der Waals surface area contributed by atoms with Crippen LogP contribution in [0.4, 0.5) is 5.69 Å². The van der Waals surface area contributed by atoms with E-state index >= 15 is 0 Å². The van der Waals surface area contributed by atoms with Crippen LogP contribution in [-0.4, -0.2) is 29.8 Å². The minimum absolute atomic E-state index is 0.0867. The van der Waals surface area contributed by atoms with Gasteiger partial charge in [-0.25, -0.2) is 0 Å². The first kappa shape index (κ1) is 14.9. The van der Waals surface area contributed by atoms with Crippen LogP contribution in [0.1, 0.15) is 15.9 Å². The van der Waals surface area contributed by atoms with Gasteiger partial charge in [0.1, 0.15) is 11.5 Å². The van der Waals surface area contributed by atoms with Crippen molar-refractivity contribution in [3.05, 3.63) is 53.6 Å². The van der Waals surface area contributed by atoms with Crippen molar-refractivity contribution in [1.29, 1.82) is 0 Å². The zero-order valence-electron chi connectivity index (χ0n) is 11.7. The SMILES string of the molecule is COc1ccc(O)c(C(=O)Nc2ccc(CCO)cc2)c1. The Balaban J connectivity index is 2.14. The number of phenolic OH excluding ortho intramolecular Hbond substituents is 1. The molecule has 0 heterocycles. The van der Waals surface area contributed by atoms with Gasteiger partial charge in [0, 0.05) is 12.3 Å². The number of aliphatic hydroxyl groups excluding tert-OH is 1. The summed E-state index contributed by atoms with van der Waals surface area (Å²) in [6, 6.07) is 11.6. The van der Waals surface area contributed by atoms with Crippen molar-refractivity contribution in [2.45, 2.75) is 6.42 Å². The first-order valence-corrected chi connectivity index (χ1v) is 6.52. The van der Waals surface area contributed by atoms with Crippen LogP contribution in [0, 0.1) is 0 Å². The highest BCUT2D eigenvalue weighted by Crippen LogP contribution is 2.24.